The number of H-pyrrole nitrogens is 1. The molecule has 31 heavy (non-hydrogen) atoms. The number of halogens is 2. The first-order chi connectivity index (χ1) is 15.4. The van der Waals surface area contributed by atoms with Crippen LogP contribution in [0.5, 0.6) is 5.75 Å². The van der Waals surface area contributed by atoms with Gasteiger partial charge in [0.15, 0.2) is 6.23 Å². The van der Waals surface area contributed by atoms with E-state index in [0.29, 0.717) is 4.57 Å². The van der Waals surface area contributed by atoms with Crippen LogP contribution in [0.15, 0.2) is 34.0 Å². The van der Waals surface area contributed by atoms with E-state index in [1.807, 2.05) is 4.98 Å². The number of aromatic amines is 1. The van der Waals surface area contributed by atoms with Crippen molar-refractivity contribution in [3.63, 3.8) is 0 Å². The highest BCUT2D eigenvalue weighted by Gasteiger charge is 2.50. The van der Waals surface area contributed by atoms with Gasteiger partial charge in [-0.3, -0.25) is 23.4 Å². The van der Waals surface area contributed by atoms with E-state index in [4.69, 9.17) is 21.0 Å². The zero-order valence-corrected chi connectivity index (χ0v) is 16.4. The predicted molar refractivity (Wildman–Crippen MR) is 97.2 cm³/mol. The van der Waals surface area contributed by atoms with E-state index >= 15 is 4.39 Å². The lowest BCUT2D eigenvalue weighted by Gasteiger charge is -2.27. The molecule has 3 N–H and O–H groups in total. The zero-order valence-electron chi connectivity index (χ0n) is 17.5. The van der Waals surface area contributed by atoms with E-state index in [1.165, 1.54) is 0 Å². The smallest absolute Gasteiger partial charge is 0.404 e. The van der Waals surface area contributed by atoms with E-state index in [9.17, 15) is 28.8 Å². The molecule has 2 aliphatic rings. The minimum absolute atomic E-state index is 0.128. The number of aromatic nitrogens is 2. The van der Waals surface area contributed by atoms with Gasteiger partial charge in [-0.15, -0.1) is 0 Å². The molecule has 4 atom stereocenters. The van der Waals surface area contributed by atoms with Gasteiger partial charge in [0.25, 0.3) is 5.56 Å². The first kappa shape index (κ1) is 19.3. The second-order valence-electron chi connectivity index (χ2n) is 6.74. The number of hydrogen-bond donors (Lipinski definition) is 3. The molecule has 1 saturated heterocycles. The molecule has 2 aliphatic heterocycles. The Bertz CT molecular complexity index is 1260. The monoisotopic (exact) mass is 464 g/mol. The summed E-state index contributed by atoms with van der Waals surface area (Å²) in [6.07, 6.45) is -3.90. The zero-order chi connectivity index (χ0) is 24.2. The molecule has 1 aromatic heterocycles. The molecule has 1 aromatic carbocycles. The number of phosphoric ester groups is 1. The normalized spacial score (nSPS) is 31.5. The number of phosphoric acid groups is 1. The van der Waals surface area contributed by atoms with E-state index in [2.05, 4.69) is 0 Å². The van der Waals surface area contributed by atoms with Gasteiger partial charge in [0.1, 0.15) is 24.2 Å². The Morgan fingerprint density at radius 3 is 2.97 bits per heavy atom. The standard InChI is InChI=1S/C17H17F2N2O9P/c18-11-1-2-13-9(3-11)7-27-31(26,30-13)28-8-17(19)4-12(23)15(29-17)21-5-10(6-22)14(24)20-16(21)25/h1-3,5,12,15,22-23H,4,6-8H2,(H,20,24,25)/t12-,15-,17+,31?/m1/s1/i8D2. The number of hydrogen-bond acceptors (Lipinski definition) is 9. The summed E-state index contributed by atoms with van der Waals surface area (Å²) in [6, 6.07) is 3.13. The van der Waals surface area contributed by atoms with Crippen molar-refractivity contribution in [1.29, 1.82) is 0 Å². The number of benzene rings is 1. The van der Waals surface area contributed by atoms with E-state index in [1.54, 1.807) is 0 Å². The minimum Gasteiger partial charge on any atom is -0.404 e. The Morgan fingerprint density at radius 1 is 1.45 bits per heavy atom. The van der Waals surface area contributed by atoms with Crippen LogP contribution in [-0.4, -0.2) is 38.3 Å². The fourth-order valence-corrected chi connectivity index (χ4v) is 4.15. The Morgan fingerprint density at radius 2 is 2.23 bits per heavy atom. The van der Waals surface area contributed by atoms with Gasteiger partial charge in [-0.05, 0) is 18.2 Å². The maximum atomic E-state index is 15.5. The van der Waals surface area contributed by atoms with Crippen LogP contribution in [-0.2, 0) is 31.6 Å². The van der Waals surface area contributed by atoms with Crippen molar-refractivity contribution >= 4 is 7.82 Å². The number of rotatable bonds is 5. The van der Waals surface area contributed by atoms with Crippen LogP contribution in [0.3, 0.4) is 0 Å². The number of alkyl halides is 1. The molecule has 0 spiro atoms. The van der Waals surface area contributed by atoms with Crippen LogP contribution in [0.1, 0.15) is 26.5 Å². The van der Waals surface area contributed by atoms with Gasteiger partial charge in [0.05, 0.1) is 21.5 Å². The van der Waals surface area contributed by atoms with Crippen molar-refractivity contribution < 1.29 is 44.6 Å². The van der Waals surface area contributed by atoms with Crippen LogP contribution in [0, 0.1) is 5.82 Å². The van der Waals surface area contributed by atoms with Crippen molar-refractivity contribution in [2.24, 2.45) is 0 Å². The summed E-state index contributed by atoms with van der Waals surface area (Å²) in [6.45, 7) is -4.81. The fourth-order valence-electron chi connectivity index (χ4n) is 3.04. The first-order valence-corrected chi connectivity index (χ1v) is 10.3. The minimum atomic E-state index is -4.77. The molecule has 1 fully saturated rings. The molecule has 1 unspecified atom stereocenters. The van der Waals surface area contributed by atoms with Crippen molar-refractivity contribution in [2.45, 2.75) is 37.8 Å². The molecular formula is C17H17F2N2O9P. The van der Waals surface area contributed by atoms with E-state index in [-0.39, 0.29) is 16.9 Å². The average molecular weight is 464 g/mol. The molecule has 0 amide bonds. The third kappa shape index (κ3) is 4.33. The van der Waals surface area contributed by atoms with Gasteiger partial charge in [0.2, 0.25) is 5.85 Å². The second kappa shape index (κ2) is 7.93. The summed E-state index contributed by atoms with van der Waals surface area (Å²) in [5, 5.41) is 19.5. The van der Waals surface area contributed by atoms with Gasteiger partial charge in [-0.2, -0.15) is 0 Å². The molecule has 14 heteroatoms. The van der Waals surface area contributed by atoms with E-state index in [0.717, 1.165) is 24.4 Å². The van der Waals surface area contributed by atoms with Crippen LogP contribution < -0.4 is 15.8 Å². The fraction of sp³-hybridized carbons (Fsp3) is 0.412. The Hall–Kier alpha value is -2.41. The van der Waals surface area contributed by atoms with Crippen molar-refractivity contribution in [2.75, 3.05) is 6.56 Å². The highest BCUT2D eigenvalue weighted by Crippen LogP contribution is 2.55. The van der Waals surface area contributed by atoms with Gasteiger partial charge >= 0.3 is 13.5 Å². The average Bonchev–Trinajstić information content (AvgIpc) is 3.04. The van der Waals surface area contributed by atoms with Crippen LogP contribution in [0.4, 0.5) is 8.78 Å². The molecule has 0 saturated carbocycles. The lowest BCUT2D eigenvalue weighted by molar-refractivity contribution is -0.179. The SMILES string of the molecule is [2H]C([2H])(OP1(=O)OCc2cc(F)ccc2O1)[C@]1(F)C[C@@H](O)[C@H](n2cc(CO)c(=O)[nH]c2=O)O1. The van der Waals surface area contributed by atoms with E-state index < -0.39 is 69.3 Å². The summed E-state index contributed by atoms with van der Waals surface area (Å²) >= 11 is 0. The summed E-state index contributed by atoms with van der Waals surface area (Å²) in [5.41, 5.74) is -2.18. The number of nitrogens with one attached hydrogen (secondary N) is 1. The van der Waals surface area contributed by atoms with Gasteiger partial charge in [-0.1, -0.05) is 0 Å². The first-order valence-electron chi connectivity index (χ1n) is 9.80. The Kier molecular flexibility index (Phi) is 4.94. The van der Waals surface area contributed by atoms with Crippen molar-refractivity contribution in [3.8, 4) is 5.75 Å². The third-order valence-corrected chi connectivity index (χ3v) is 5.70. The second-order valence-corrected chi connectivity index (χ2v) is 8.26. The van der Waals surface area contributed by atoms with Crippen molar-refractivity contribution in [3.05, 3.63) is 62.2 Å². The molecule has 2 aromatic rings. The van der Waals surface area contributed by atoms with Crippen LogP contribution in [0.25, 0.3) is 0 Å². The topological polar surface area (TPSA) is 149 Å². The summed E-state index contributed by atoms with van der Waals surface area (Å²) in [4.78, 5) is 25.5. The summed E-state index contributed by atoms with van der Waals surface area (Å²) in [7, 11) is -4.77. The molecule has 0 aliphatic carbocycles. The Labute approximate surface area is 175 Å². The lowest BCUT2D eigenvalue weighted by atomic mass is 10.2. The molecular weight excluding hydrogens is 445 g/mol. The van der Waals surface area contributed by atoms with Gasteiger partial charge in [0, 0.05) is 18.2 Å². The number of fused-ring (bicyclic) bond motifs is 1. The lowest BCUT2D eigenvalue weighted by Crippen LogP contribution is -2.37. The highest BCUT2D eigenvalue weighted by molar-refractivity contribution is 7.49. The quantitative estimate of drug-likeness (QED) is 0.548. The summed E-state index contributed by atoms with van der Waals surface area (Å²) < 4.78 is 77.7. The number of ether oxygens (including phenoxy) is 1. The largest absolute Gasteiger partial charge is 0.530 e. The molecule has 0 bridgehead atoms. The summed E-state index contributed by atoms with van der Waals surface area (Å²) in [5.74, 6) is -4.21. The maximum absolute atomic E-state index is 15.5. The van der Waals surface area contributed by atoms with Gasteiger partial charge in [-0.25, -0.2) is 18.1 Å². The number of aliphatic hydroxyl groups excluding tert-OH is 2. The molecule has 4 rings (SSSR count). The molecule has 0 radical (unpaired) electrons. The van der Waals surface area contributed by atoms with Crippen LogP contribution >= 0.6 is 7.82 Å². The maximum Gasteiger partial charge on any atom is 0.530 e. The molecule has 3 heterocycles. The predicted octanol–water partition coefficient (Wildman–Crippen LogP) is 0.847. The van der Waals surface area contributed by atoms with Crippen LogP contribution in [0.2, 0.25) is 0 Å². The molecule has 168 valence electrons. The molecule has 11 nitrogen and oxygen atoms in total. The van der Waals surface area contributed by atoms with Crippen molar-refractivity contribution in [1.82, 2.24) is 9.55 Å². The Balaban J connectivity index is 1.58. The number of nitrogens with zero attached hydrogens (tertiary/aromatic N) is 1. The van der Waals surface area contributed by atoms with Gasteiger partial charge < -0.3 is 19.5 Å². The number of aliphatic hydroxyl groups is 2. The third-order valence-electron chi connectivity index (χ3n) is 4.52. The highest BCUT2D eigenvalue weighted by atomic mass is 31.2.